The molecule has 13 rings (SSSR count). The summed E-state index contributed by atoms with van der Waals surface area (Å²) in [5.41, 5.74) is 22.0. The number of benzene rings is 10. The maximum Gasteiger partial charge on any atom is 0.136 e. The average molecular weight is 802 g/mol. The van der Waals surface area contributed by atoms with Crippen LogP contribution in [0.3, 0.4) is 0 Å². The lowest BCUT2D eigenvalue weighted by atomic mass is 9.70. The molecule has 2 aliphatic rings. The quantitative estimate of drug-likeness (QED) is 0.167. The van der Waals surface area contributed by atoms with Gasteiger partial charge in [-0.15, -0.1) is 0 Å². The standard InChI is InChI=1S/C61H39NO/c1-3-17-40(18-4-1)41-31-33-43(34-32-41)62(56-37-38-58-60(50-26-12-16-30-57(50)63-58)59(56)49-25-8-7-21-45(49)42-19-5-2-6-20-42)44-35-36-55-51(39-44)48-24-11-15-29-54(48)61(55)52-27-13-9-22-46(52)47-23-10-14-28-53(47)61/h1-39H. The van der Waals surface area contributed by atoms with E-state index in [-0.39, 0.29) is 0 Å². The van der Waals surface area contributed by atoms with Crippen molar-refractivity contribution in [2.45, 2.75) is 5.41 Å². The summed E-state index contributed by atoms with van der Waals surface area (Å²) < 4.78 is 6.66. The summed E-state index contributed by atoms with van der Waals surface area (Å²) >= 11 is 0. The molecule has 63 heavy (non-hydrogen) atoms. The highest BCUT2D eigenvalue weighted by Crippen LogP contribution is 2.63. The highest BCUT2D eigenvalue weighted by Gasteiger charge is 2.51. The molecule has 2 nitrogen and oxygen atoms in total. The number of furan rings is 1. The van der Waals surface area contributed by atoms with Crippen molar-refractivity contribution in [1.82, 2.24) is 0 Å². The number of hydrogen-bond acceptors (Lipinski definition) is 2. The molecule has 11 aromatic rings. The Hall–Kier alpha value is -8.20. The largest absolute Gasteiger partial charge is 0.456 e. The number of hydrogen-bond donors (Lipinski definition) is 0. The predicted molar refractivity (Wildman–Crippen MR) is 261 cm³/mol. The molecule has 294 valence electrons. The highest BCUT2D eigenvalue weighted by atomic mass is 16.3. The summed E-state index contributed by atoms with van der Waals surface area (Å²) in [4.78, 5) is 2.47. The molecule has 1 spiro atoms. The summed E-state index contributed by atoms with van der Waals surface area (Å²) in [5, 5.41) is 2.19. The Morgan fingerprint density at radius 2 is 0.810 bits per heavy atom. The summed E-state index contributed by atoms with van der Waals surface area (Å²) in [5.74, 6) is 0. The van der Waals surface area contributed by atoms with Gasteiger partial charge in [-0.1, -0.05) is 194 Å². The van der Waals surface area contributed by atoms with Gasteiger partial charge in [-0.2, -0.15) is 0 Å². The molecule has 0 saturated carbocycles. The maximum absolute atomic E-state index is 6.66. The van der Waals surface area contributed by atoms with Gasteiger partial charge in [-0.3, -0.25) is 0 Å². The lowest BCUT2D eigenvalue weighted by Crippen LogP contribution is -2.25. The van der Waals surface area contributed by atoms with Crippen LogP contribution >= 0.6 is 0 Å². The van der Waals surface area contributed by atoms with Crippen LogP contribution in [0, 0.1) is 0 Å². The summed E-state index contributed by atoms with van der Waals surface area (Å²) in [6, 6.07) is 86.5. The number of anilines is 3. The second kappa shape index (κ2) is 13.9. The van der Waals surface area contributed by atoms with Gasteiger partial charge in [0.05, 0.1) is 11.1 Å². The third-order valence-electron chi connectivity index (χ3n) is 13.5. The minimum atomic E-state index is -0.422. The molecule has 2 aliphatic carbocycles. The molecule has 0 aliphatic heterocycles. The lowest BCUT2D eigenvalue weighted by Gasteiger charge is -2.32. The van der Waals surface area contributed by atoms with E-state index >= 15 is 0 Å². The molecule has 0 atom stereocenters. The van der Waals surface area contributed by atoms with Crippen molar-refractivity contribution in [3.05, 3.63) is 259 Å². The van der Waals surface area contributed by atoms with Crippen LogP contribution in [0.5, 0.6) is 0 Å². The van der Waals surface area contributed by atoms with Crippen LogP contribution in [0.15, 0.2) is 241 Å². The van der Waals surface area contributed by atoms with Crippen LogP contribution in [-0.4, -0.2) is 0 Å². The van der Waals surface area contributed by atoms with Crippen LogP contribution in [0.1, 0.15) is 22.3 Å². The first kappa shape index (κ1) is 35.5. The molecule has 0 amide bonds. The van der Waals surface area contributed by atoms with Gasteiger partial charge in [0.15, 0.2) is 0 Å². The molecular formula is C61H39NO. The Morgan fingerprint density at radius 3 is 1.48 bits per heavy atom. The van der Waals surface area contributed by atoms with Gasteiger partial charge in [0.2, 0.25) is 0 Å². The summed E-state index contributed by atoms with van der Waals surface area (Å²) in [7, 11) is 0. The zero-order valence-electron chi connectivity index (χ0n) is 34.4. The number of nitrogens with zero attached hydrogens (tertiary/aromatic N) is 1. The van der Waals surface area contributed by atoms with Crippen LogP contribution in [0.4, 0.5) is 17.1 Å². The van der Waals surface area contributed by atoms with Crippen LogP contribution in [0.25, 0.3) is 77.6 Å². The number of rotatable bonds is 6. The fraction of sp³-hybridized carbons (Fsp3) is 0.0164. The Kier molecular flexibility index (Phi) is 7.85. The molecule has 0 N–H and O–H groups in total. The van der Waals surface area contributed by atoms with Crippen molar-refractivity contribution in [1.29, 1.82) is 0 Å². The molecule has 0 fully saturated rings. The molecule has 0 bridgehead atoms. The first-order chi connectivity index (χ1) is 31.3. The SMILES string of the molecule is c1ccc(-c2ccc(N(c3ccc4c(c3)-c3ccccc3C43c4ccccc4-c4ccccc43)c3ccc4oc5ccccc5c4c3-c3ccccc3-c3ccccc3)cc2)cc1. The van der Waals surface area contributed by atoms with Crippen LogP contribution < -0.4 is 4.90 Å². The van der Waals surface area contributed by atoms with E-state index in [4.69, 9.17) is 4.42 Å². The van der Waals surface area contributed by atoms with Gasteiger partial charge in [-0.05, 0) is 115 Å². The van der Waals surface area contributed by atoms with Crippen molar-refractivity contribution in [3.63, 3.8) is 0 Å². The van der Waals surface area contributed by atoms with Gasteiger partial charge in [0.25, 0.3) is 0 Å². The number of para-hydroxylation sites is 1. The molecule has 0 radical (unpaired) electrons. The first-order valence-electron chi connectivity index (χ1n) is 21.8. The fourth-order valence-electron chi connectivity index (χ4n) is 10.9. The predicted octanol–water partition coefficient (Wildman–Crippen LogP) is 16.4. The second-order valence-corrected chi connectivity index (χ2v) is 16.7. The normalized spacial score (nSPS) is 12.9. The Bertz CT molecular complexity index is 3520. The van der Waals surface area contributed by atoms with Gasteiger partial charge in [0.1, 0.15) is 11.2 Å². The van der Waals surface area contributed by atoms with Crippen molar-refractivity contribution < 1.29 is 4.42 Å². The Morgan fingerprint density at radius 1 is 0.317 bits per heavy atom. The highest BCUT2D eigenvalue weighted by molar-refractivity contribution is 6.18. The Labute approximate surface area is 366 Å². The van der Waals surface area contributed by atoms with E-state index in [0.29, 0.717) is 0 Å². The molecule has 1 heterocycles. The fourth-order valence-corrected chi connectivity index (χ4v) is 10.9. The van der Waals surface area contributed by atoms with Gasteiger partial charge >= 0.3 is 0 Å². The molecule has 0 unspecified atom stereocenters. The minimum Gasteiger partial charge on any atom is -0.456 e. The maximum atomic E-state index is 6.66. The third kappa shape index (κ3) is 5.19. The molecule has 2 heteroatoms. The van der Waals surface area contributed by atoms with Crippen LogP contribution in [0.2, 0.25) is 0 Å². The van der Waals surface area contributed by atoms with E-state index in [1.807, 2.05) is 0 Å². The molecule has 0 saturated heterocycles. The number of fused-ring (bicyclic) bond motifs is 13. The van der Waals surface area contributed by atoms with Crippen LogP contribution in [-0.2, 0) is 5.41 Å². The monoisotopic (exact) mass is 801 g/mol. The van der Waals surface area contributed by atoms with E-state index in [2.05, 4.69) is 241 Å². The van der Waals surface area contributed by atoms with Crippen molar-refractivity contribution >= 4 is 39.0 Å². The van der Waals surface area contributed by atoms with E-state index in [0.717, 1.165) is 50.1 Å². The summed E-state index contributed by atoms with van der Waals surface area (Å²) in [6.07, 6.45) is 0. The average Bonchev–Trinajstić information content (AvgIpc) is 3.99. The minimum absolute atomic E-state index is 0.422. The first-order valence-corrected chi connectivity index (χ1v) is 21.8. The zero-order chi connectivity index (χ0) is 41.5. The topological polar surface area (TPSA) is 16.4 Å². The molecule has 1 aromatic heterocycles. The van der Waals surface area contributed by atoms with Crippen molar-refractivity contribution in [3.8, 4) is 55.6 Å². The Balaban J connectivity index is 1.11. The van der Waals surface area contributed by atoms with Gasteiger partial charge in [-0.25, -0.2) is 0 Å². The van der Waals surface area contributed by atoms with Gasteiger partial charge in [0, 0.05) is 27.7 Å². The smallest absolute Gasteiger partial charge is 0.136 e. The van der Waals surface area contributed by atoms with E-state index in [1.54, 1.807) is 0 Å². The molecular weight excluding hydrogens is 763 g/mol. The van der Waals surface area contributed by atoms with E-state index in [9.17, 15) is 0 Å². The molecule has 10 aromatic carbocycles. The van der Waals surface area contributed by atoms with Gasteiger partial charge < -0.3 is 9.32 Å². The summed E-state index contributed by atoms with van der Waals surface area (Å²) in [6.45, 7) is 0. The third-order valence-corrected chi connectivity index (χ3v) is 13.5. The van der Waals surface area contributed by atoms with E-state index in [1.165, 1.54) is 66.8 Å². The van der Waals surface area contributed by atoms with Crippen molar-refractivity contribution in [2.75, 3.05) is 4.90 Å². The van der Waals surface area contributed by atoms with Crippen molar-refractivity contribution in [2.24, 2.45) is 0 Å². The van der Waals surface area contributed by atoms with E-state index < -0.39 is 5.41 Å². The lowest BCUT2D eigenvalue weighted by molar-refractivity contribution is 0.669. The zero-order valence-corrected chi connectivity index (χ0v) is 34.4. The second-order valence-electron chi connectivity index (χ2n) is 16.7.